The van der Waals surface area contributed by atoms with Gasteiger partial charge >= 0.3 is 0 Å². The molecule has 72 valence electrons. The van der Waals surface area contributed by atoms with Crippen molar-refractivity contribution in [2.45, 2.75) is 0 Å². The highest BCUT2D eigenvalue weighted by atomic mass is 79.9. The van der Waals surface area contributed by atoms with E-state index in [4.69, 9.17) is 16.3 Å². The minimum Gasteiger partial charge on any atom is -0.496 e. The van der Waals surface area contributed by atoms with Crippen LogP contribution in [0.1, 0.15) is 0 Å². The van der Waals surface area contributed by atoms with Crippen molar-refractivity contribution in [3.8, 4) is 5.75 Å². The van der Waals surface area contributed by atoms with Crippen molar-refractivity contribution in [3.05, 3.63) is 28.1 Å². The normalized spacial score (nSPS) is 10.5. The Morgan fingerprint density at radius 3 is 2.93 bits per heavy atom. The Bertz CT molecular complexity index is 489. The molecule has 0 saturated heterocycles. The number of hydrogen-bond donors (Lipinski definition) is 0. The largest absolute Gasteiger partial charge is 0.496 e. The van der Waals surface area contributed by atoms with E-state index >= 15 is 0 Å². The van der Waals surface area contributed by atoms with Gasteiger partial charge in [0.1, 0.15) is 5.75 Å². The molecule has 1 aromatic carbocycles. The molecule has 0 fully saturated rings. The van der Waals surface area contributed by atoms with Crippen LogP contribution in [0.4, 0.5) is 0 Å². The minimum atomic E-state index is 0.228. The molecule has 0 saturated carbocycles. The number of aromatic nitrogens is 2. The van der Waals surface area contributed by atoms with Crippen molar-refractivity contribution >= 4 is 38.4 Å². The molecule has 0 bridgehead atoms. The molecule has 3 nitrogen and oxygen atoms in total. The van der Waals surface area contributed by atoms with Crippen LogP contribution < -0.4 is 4.74 Å². The van der Waals surface area contributed by atoms with Crippen molar-refractivity contribution in [1.29, 1.82) is 0 Å². The molecule has 5 heteroatoms. The van der Waals surface area contributed by atoms with E-state index in [1.807, 2.05) is 12.1 Å². The number of hydrogen-bond acceptors (Lipinski definition) is 3. The van der Waals surface area contributed by atoms with Gasteiger partial charge in [0.25, 0.3) is 0 Å². The van der Waals surface area contributed by atoms with Crippen LogP contribution in [-0.2, 0) is 0 Å². The molecule has 0 unspecified atom stereocenters. The summed E-state index contributed by atoms with van der Waals surface area (Å²) in [6.45, 7) is 0. The standard InChI is InChI=1S/C9H6BrClN2O/c1-14-7-3-2-6(10)8-5(7)4-12-9(11)13-8/h2-4H,1H3. The lowest BCUT2D eigenvalue weighted by atomic mass is 10.2. The maximum Gasteiger partial charge on any atom is 0.222 e. The van der Waals surface area contributed by atoms with E-state index in [0.29, 0.717) is 0 Å². The maximum absolute atomic E-state index is 5.70. The quantitative estimate of drug-likeness (QED) is 0.749. The molecule has 0 aliphatic carbocycles. The summed E-state index contributed by atoms with van der Waals surface area (Å²) in [5, 5.41) is 1.07. The lowest BCUT2D eigenvalue weighted by molar-refractivity contribution is 0.419. The second-order valence-electron chi connectivity index (χ2n) is 2.65. The van der Waals surface area contributed by atoms with Gasteiger partial charge in [-0.2, -0.15) is 0 Å². The van der Waals surface area contributed by atoms with Crippen molar-refractivity contribution < 1.29 is 4.74 Å². The summed E-state index contributed by atoms with van der Waals surface area (Å²) in [6.07, 6.45) is 1.65. The van der Waals surface area contributed by atoms with E-state index in [0.717, 1.165) is 21.1 Å². The summed E-state index contributed by atoms with van der Waals surface area (Å²) in [6, 6.07) is 3.72. The van der Waals surface area contributed by atoms with Gasteiger partial charge in [-0.25, -0.2) is 9.97 Å². The summed E-state index contributed by atoms with van der Waals surface area (Å²) >= 11 is 9.09. The van der Waals surface area contributed by atoms with Crippen molar-refractivity contribution in [2.75, 3.05) is 7.11 Å². The van der Waals surface area contributed by atoms with Gasteiger partial charge in [-0.3, -0.25) is 0 Å². The third-order valence-corrected chi connectivity index (χ3v) is 2.67. The fraction of sp³-hybridized carbons (Fsp3) is 0.111. The summed E-state index contributed by atoms with van der Waals surface area (Å²) in [4.78, 5) is 8.02. The topological polar surface area (TPSA) is 35.0 Å². The third kappa shape index (κ3) is 1.55. The highest BCUT2D eigenvalue weighted by Gasteiger charge is 2.07. The number of halogens is 2. The molecule has 0 aliphatic rings. The van der Waals surface area contributed by atoms with E-state index in [9.17, 15) is 0 Å². The second kappa shape index (κ2) is 3.71. The molecular formula is C9H6BrClN2O. The van der Waals surface area contributed by atoms with Crippen molar-refractivity contribution in [3.63, 3.8) is 0 Å². The number of fused-ring (bicyclic) bond motifs is 1. The highest BCUT2D eigenvalue weighted by Crippen LogP contribution is 2.30. The molecule has 1 aromatic heterocycles. The fourth-order valence-corrected chi connectivity index (χ4v) is 1.79. The molecule has 2 rings (SSSR count). The second-order valence-corrected chi connectivity index (χ2v) is 3.84. The fourth-order valence-electron chi connectivity index (χ4n) is 1.22. The van der Waals surface area contributed by atoms with Crippen LogP contribution in [0.25, 0.3) is 10.9 Å². The summed E-state index contributed by atoms with van der Waals surface area (Å²) < 4.78 is 6.05. The Morgan fingerprint density at radius 1 is 1.43 bits per heavy atom. The van der Waals surface area contributed by atoms with Crippen LogP contribution in [0.15, 0.2) is 22.8 Å². The number of benzene rings is 1. The van der Waals surface area contributed by atoms with Gasteiger partial charge < -0.3 is 4.74 Å². The number of ether oxygens (including phenoxy) is 1. The molecule has 0 atom stereocenters. The van der Waals surface area contributed by atoms with E-state index in [1.165, 1.54) is 0 Å². The SMILES string of the molecule is COc1ccc(Br)c2nc(Cl)ncc12. The first-order chi connectivity index (χ1) is 6.72. The Morgan fingerprint density at radius 2 is 2.21 bits per heavy atom. The molecule has 0 amide bonds. The van der Waals surface area contributed by atoms with Gasteiger partial charge in [0.05, 0.1) is 18.0 Å². The molecule has 0 radical (unpaired) electrons. The predicted octanol–water partition coefficient (Wildman–Crippen LogP) is 3.05. The first-order valence-corrected chi connectivity index (χ1v) is 5.04. The number of rotatable bonds is 1. The smallest absolute Gasteiger partial charge is 0.222 e. The van der Waals surface area contributed by atoms with Gasteiger partial charge in [-0.1, -0.05) is 0 Å². The maximum atomic E-state index is 5.70. The third-order valence-electron chi connectivity index (χ3n) is 1.85. The zero-order valence-electron chi connectivity index (χ0n) is 7.29. The van der Waals surface area contributed by atoms with Gasteiger partial charge in [0.2, 0.25) is 5.28 Å². The summed E-state index contributed by atoms with van der Waals surface area (Å²) in [7, 11) is 1.61. The first-order valence-electron chi connectivity index (χ1n) is 3.87. The van der Waals surface area contributed by atoms with Crippen molar-refractivity contribution in [2.24, 2.45) is 0 Å². The highest BCUT2D eigenvalue weighted by molar-refractivity contribution is 9.10. The predicted molar refractivity (Wildman–Crippen MR) is 58.8 cm³/mol. The molecule has 0 spiro atoms. The van der Waals surface area contributed by atoms with Gasteiger partial charge in [-0.05, 0) is 39.7 Å². The molecule has 0 N–H and O–H groups in total. The van der Waals surface area contributed by atoms with Gasteiger partial charge in [0, 0.05) is 10.7 Å². The monoisotopic (exact) mass is 272 g/mol. The lowest BCUT2D eigenvalue weighted by Crippen LogP contribution is -1.89. The zero-order chi connectivity index (χ0) is 10.1. The van der Waals surface area contributed by atoms with Crippen LogP contribution in [0, 0.1) is 0 Å². The average Bonchev–Trinajstić information content (AvgIpc) is 2.19. The van der Waals surface area contributed by atoms with E-state index in [1.54, 1.807) is 13.3 Å². The summed E-state index contributed by atoms with van der Waals surface area (Å²) in [5.41, 5.74) is 0.754. The average molecular weight is 274 g/mol. The summed E-state index contributed by atoms with van der Waals surface area (Å²) in [5.74, 6) is 0.736. The van der Waals surface area contributed by atoms with Crippen LogP contribution in [-0.4, -0.2) is 17.1 Å². The zero-order valence-corrected chi connectivity index (χ0v) is 9.63. The Labute approximate surface area is 94.2 Å². The Hall–Kier alpha value is -0.870. The van der Waals surface area contributed by atoms with Crippen LogP contribution >= 0.6 is 27.5 Å². The van der Waals surface area contributed by atoms with E-state index in [-0.39, 0.29) is 5.28 Å². The molecule has 1 heterocycles. The van der Waals surface area contributed by atoms with Crippen LogP contribution in [0.2, 0.25) is 5.28 Å². The molecule has 2 aromatic rings. The molecule has 0 aliphatic heterocycles. The number of methoxy groups -OCH3 is 1. The molecule has 14 heavy (non-hydrogen) atoms. The van der Waals surface area contributed by atoms with Crippen LogP contribution in [0.5, 0.6) is 5.75 Å². The van der Waals surface area contributed by atoms with E-state index < -0.39 is 0 Å². The lowest BCUT2D eigenvalue weighted by Gasteiger charge is -2.05. The van der Waals surface area contributed by atoms with Crippen molar-refractivity contribution in [1.82, 2.24) is 9.97 Å². The van der Waals surface area contributed by atoms with Gasteiger partial charge in [-0.15, -0.1) is 0 Å². The minimum absolute atomic E-state index is 0.228. The van der Waals surface area contributed by atoms with E-state index in [2.05, 4.69) is 25.9 Å². The molecular weight excluding hydrogens is 267 g/mol. The number of nitrogens with zero attached hydrogens (tertiary/aromatic N) is 2. The van der Waals surface area contributed by atoms with Crippen LogP contribution in [0.3, 0.4) is 0 Å². The first kappa shape index (κ1) is 9.68. The Balaban J connectivity index is 2.84. The van der Waals surface area contributed by atoms with Gasteiger partial charge in [0.15, 0.2) is 0 Å². The Kier molecular flexibility index (Phi) is 2.56.